The minimum Gasteiger partial charge on any atom is -0.461 e. The first-order chi connectivity index (χ1) is 10.7. The lowest BCUT2D eigenvalue weighted by molar-refractivity contribution is 0.0520. The molecule has 0 bridgehead atoms. The molecule has 3 heterocycles. The van der Waals surface area contributed by atoms with Gasteiger partial charge < -0.3 is 4.74 Å². The van der Waals surface area contributed by atoms with Crippen LogP contribution in [0.5, 0.6) is 0 Å². The molecule has 3 aromatic heterocycles. The van der Waals surface area contributed by atoms with Gasteiger partial charge in [-0.05, 0) is 18.4 Å². The average Bonchev–Trinajstić information content (AvgIpc) is 3.25. The van der Waals surface area contributed by atoms with Crippen molar-refractivity contribution in [2.24, 2.45) is 0 Å². The van der Waals surface area contributed by atoms with E-state index in [9.17, 15) is 10.1 Å². The van der Waals surface area contributed by atoms with Gasteiger partial charge in [-0.1, -0.05) is 6.07 Å². The van der Waals surface area contributed by atoms with E-state index in [1.807, 2.05) is 17.5 Å². The van der Waals surface area contributed by atoms with Gasteiger partial charge >= 0.3 is 5.97 Å². The fourth-order valence-corrected chi connectivity index (χ4v) is 3.26. The first-order valence-corrected chi connectivity index (χ1v) is 8.15. The van der Waals surface area contributed by atoms with Crippen LogP contribution in [0.15, 0.2) is 29.1 Å². The second-order valence-electron chi connectivity index (χ2n) is 4.16. The van der Waals surface area contributed by atoms with E-state index in [1.165, 1.54) is 27.4 Å². The van der Waals surface area contributed by atoms with Crippen LogP contribution in [0.2, 0.25) is 0 Å². The summed E-state index contributed by atoms with van der Waals surface area (Å²) in [4.78, 5) is 16.8. The molecule has 0 spiro atoms. The van der Waals surface area contributed by atoms with E-state index < -0.39 is 5.97 Å². The highest BCUT2D eigenvalue weighted by Crippen LogP contribution is 2.27. The molecule has 0 unspecified atom stereocenters. The molecule has 110 valence electrons. The largest absolute Gasteiger partial charge is 0.461 e. The predicted octanol–water partition coefficient (Wildman–Crippen LogP) is 3.11. The zero-order valence-corrected chi connectivity index (χ0v) is 13.1. The fraction of sp³-hybridized carbons (Fsp3) is 0.143. The zero-order valence-electron chi connectivity index (χ0n) is 11.5. The highest BCUT2D eigenvalue weighted by Gasteiger charge is 2.17. The Labute approximate surface area is 134 Å². The molecule has 6 nitrogen and oxygen atoms in total. The Morgan fingerprint density at radius 2 is 2.36 bits per heavy atom. The second kappa shape index (κ2) is 6.09. The number of carbonyl (C=O) groups excluding carboxylic acids is 1. The number of ether oxygens (including phenoxy) is 1. The summed E-state index contributed by atoms with van der Waals surface area (Å²) in [7, 11) is 0. The van der Waals surface area contributed by atoms with Gasteiger partial charge in [0.1, 0.15) is 11.8 Å². The van der Waals surface area contributed by atoms with Crippen molar-refractivity contribution in [1.29, 1.82) is 5.26 Å². The van der Waals surface area contributed by atoms with Crippen LogP contribution in [0, 0.1) is 11.3 Å². The first kappa shape index (κ1) is 14.4. The fourth-order valence-electron chi connectivity index (χ4n) is 1.82. The molecule has 3 aromatic rings. The highest BCUT2D eigenvalue weighted by atomic mass is 32.1. The number of rotatable bonds is 4. The number of aromatic nitrogens is 3. The Hall–Kier alpha value is -2.50. The van der Waals surface area contributed by atoms with E-state index in [2.05, 4.69) is 16.2 Å². The maximum Gasteiger partial charge on any atom is 0.357 e. The molecule has 0 radical (unpaired) electrons. The standard InChI is InChI=1S/C14H10N4O2S2/c1-2-20-13(19)10-8-22-14(16-10)18-7-9(6-15)12(17-18)11-4-3-5-21-11/h3-5,7-8H,2H2,1H3. The molecule has 0 atom stereocenters. The lowest BCUT2D eigenvalue weighted by Gasteiger charge is -1.96. The summed E-state index contributed by atoms with van der Waals surface area (Å²) >= 11 is 2.78. The Morgan fingerprint density at radius 1 is 1.50 bits per heavy atom. The topological polar surface area (TPSA) is 80.8 Å². The summed E-state index contributed by atoms with van der Waals surface area (Å²) in [6.45, 7) is 2.04. The van der Waals surface area contributed by atoms with Gasteiger partial charge in [-0.2, -0.15) is 10.4 Å². The van der Waals surface area contributed by atoms with Crippen molar-refractivity contribution < 1.29 is 9.53 Å². The van der Waals surface area contributed by atoms with Crippen LogP contribution < -0.4 is 0 Å². The number of carbonyl (C=O) groups is 1. The number of hydrogen-bond acceptors (Lipinski definition) is 7. The molecule has 0 aliphatic rings. The molecule has 22 heavy (non-hydrogen) atoms. The normalized spacial score (nSPS) is 10.4. The average molecular weight is 330 g/mol. The van der Waals surface area contributed by atoms with Crippen LogP contribution in [0.1, 0.15) is 23.0 Å². The van der Waals surface area contributed by atoms with E-state index in [0.717, 1.165) is 4.88 Å². The predicted molar refractivity (Wildman–Crippen MR) is 83.2 cm³/mol. The number of thiazole rings is 1. The maximum atomic E-state index is 11.6. The van der Waals surface area contributed by atoms with Crippen LogP contribution in [-0.4, -0.2) is 27.3 Å². The quantitative estimate of drug-likeness (QED) is 0.687. The molecule has 0 aliphatic carbocycles. The van der Waals surface area contributed by atoms with E-state index >= 15 is 0 Å². The number of nitriles is 1. The third-order valence-corrected chi connectivity index (χ3v) is 4.47. The Balaban J connectivity index is 1.96. The van der Waals surface area contributed by atoms with E-state index in [4.69, 9.17) is 4.74 Å². The van der Waals surface area contributed by atoms with Crippen LogP contribution >= 0.6 is 22.7 Å². The molecular weight excluding hydrogens is 320 g/mol. The monoisotopic (exact) mass is 330 g/mol. The van der Waals surface area contributed by atoms with E-state index in [0.29, 0.717) is 23.0 Å². The first-order valence-electron chi connectivity index (χ1n) is 6.39. The van der Waals surface area contributed by atoms with Crippen LogP contribution in [-0.2, 0) is 4.74 Å². The van der Waals surface area contributed by atoms with Crippen molar-refractivity contribution >= 4 is 28.6 Å². The molecule has 0 aromatic carbocycles. The lowest BCUT2D eigenvalue weighted by Crippen LogP contribution is -2.05. The molecule has 8 heteroatoms. The van der Waals surface area contributed by atoms with Crippen molar-refractivity contribution in [3.8, 4) is 21.8 Å². The summed E-state index contributed by atoms with van der Waals surface area (Å²) in [5, 5.41) is 17.7. The van der Waals surface area contributed by atoms with Gasteiger partial charge in [0, 0.05) is 5.38 Å². The maximum absolute atomic E-state index is 11.6. The Kier molecular flexibility index (Phi) is 4.00. The molecule has 0 amide bonds. The third kappa shape index (κ3) is 2.64. The molecule has 0 saturated heterocycles. The third-order valence-electron chi connectivity index (χ3n) is 2.76. The van der Waals surface area contributed by atoms with Gasteiger partial charge in [0.05, 0.1) is 23.2 Å². The summed E-state index contributed by atoms with van der Waals surface area (Å²) in [5.41, 5.74) is 1.33. The van der Waals surface area contributed by atoms with Gasteiger partial charge in [0.15, 0.2) is 5.69 Å². The van der Waals surface area contributed by atoms with Gasteiger partial charge in [-0.25, -0.2) is 14.5 Å². The number of nitrogens with zero attached hydrogens (tertiary/aromatic N) is 4. The van der Waals surface area contributed by atoms with E-state index in [1.54, 1.807) is 18.5 Å². The van der Waals surface area contributed by atoms with Crippen LogP contribution in [0.4, 0.5) is 0 Å². The Morgan fingerprint density at radius 3 is 3.05 bits per heavy atom. The smallest absolute Gasteiger partial charge is 0.357 e. The summed E-state index contributed by atoms with van der Waals surface area (Å²) in [6.07, 6.45) is 1.61. The van der Waals surface area contributed by atoms with Crippen LogP contribution in [0.25, 0.3) is 15.7 Å². The Bertz CT molecular complexity index is 843. The van der Waals surface area contributed by atoms with Gasteiger partial charge in [-0.3, -0.25) is 0 Å². The van der Waals surface area contributed by atoms with E-state index in [-0.39, 0.29) is 5.69 Å². The van der Waals surface area contributed by atoms with Crippen molar-refractivity contribution in [2.75, 3.05) is 6.61 Å². The minimum atomic E-state index is -0.462. The molecule has 3 rings (SSSR count). The molecule has 0 aliphatic heterocycles. The molecular formula is C14H10N4O2S2. The summed E-state index contributed by atoms with van der Waals surface area (Å²) < 4.78 is 6.43. The summed E-state index contributed by atoms with van der Waals surface area (Å²) in [6, 6.07) is 5.94. The zero-order chi connectivity index (χ0) is 15.5. The lowest BCUT2D eigenvalue weighted by atomic mass is 10.2. The SMILES string of the molecule is CCOC(=O)c1csc(-n2cc(C#N)c(-c3cccs3)n2)n1. The number of hydrogen-bond donors (Lipinski definition) is 0. The molecule has 0 fully saturated rings. The summed E-state index contributed by atoms with van der Waals surface area (Å²) in [5.74, 6) is -0.462. The van der Waals surface area contributed by atoms with Crippen molar-refractivity contribution in [1.82, 2.24) is 14.8 Å². The molecule has 0 N–H and O–H groups in total. The van der Waals surface area contributed by atoms with Crippen molar-refractivity contribution in [2.45, 2.75) is 6.92 Å². The second-order valence-corrected chi connectivity index (χ2v) is 5.95. The van der Waals surface area contributed by atoms with Crippen molar-refractivity contribution in [3.05, 3.63) is 40.3 Å². The number of thiophene rings is 1. The van der Waals surface area contributed by atoms with Gasteiger partial charge in [-0.15, -0.1) is 22.7 Å². The highest BCUT2D eigenvalue weighted by molar-refractivity contribution is 7.13. The van der Waals surface area contributed by atoms with Gasteiger partial charge in [0.2, 0.25) is 5.13 Å². The van der Waals surface area contributed by atoms with Crippen molar-refractivity contribution in [3.63, 3.8) is 0 Å². The van der Waals surface area contributed by atoms with Gasteiger partial charge in [0.25, 0.3) is 0 Å². The number of esters is 1. The molecule has 0 saturated carbocycles. The van der Waals surface area contributed by atoms with Crippen LogP contribution in [0.3, 0.4) is 0 Å². The minimum absolute atomic E-state index is 0.244.